The average molecular weight is 477 g/mol. The number of hydrogen-bond donors (Lipinski definition) is 2. The van der Waals surface area contributed by atoms with Crippen LogP contribution in [0.2, 0.25) is 0 Å². The van der Waals surface area contributed by atoms with Crippen LogP contribution < -0.4 is 10.6 Å². The molecule has 0 radical (unpaired) electrons. The van der Waals surface area contributed by atoms with Crippen molar-refractivity contribution in [3.8, 4) is 0 Å². The van der Waals surface area contributed by atoms with Gasteiger partial charge in [-0.15, -0.1) is 24.0 Å². The van der Waals surface area contributed by atoms with Gasteiger partial charge in [0.2, 0.25) is 0 Å². The molecule has 2 aliphatic rings. The summed E-state index contributed by atoms with van der Waals surface area (Å²) >= 11 is 0. The van der Waals surface area contributed by atoms with Crippen LogP contribution in [0.4, 0.5) is 0 Å². The normalized spacial score (nSPS) is 23.6. The number of hydrogen-bond acceptors (Lipinski definition) is 3. The average Bonchev–Trinajstić information content (AvgIpc) is 3.29. The predicted octanol–water partition coefficient (Wildman–Crippen LogP) is 2.33. The molecule has 1 aromatic carbocycles. The fourth-order valence-electron chi connectivity index (χ4n) is 3.33. The van der Waals surface area contributed by atoms with E-state index in [2.05, 4.69) is 34.9 Å². The minimum atomic E-state index is -2.82. The molecule has 1 aromatic rings. The molecule has 0 amide bonds. The maximum atomic E-state index is 11.6. The Kier molecular flexibility index (Phi) is 7.13. The minimum Gasteiger partial charge on any atom is -0.357 e. The third-order valence-electron chi connectivity index (χ3n) is 5.01. The summed E-state index contributed by atoms with van der Waals surface area (Å²) in [5.74, 6) is 1.61. The Morgan fingerprint density at radius 2 is 1.96 bits per heavy atom. The van der Waals surface area contributed by atoms with Crippen molar-refractivity contribution in [2.75, 3.05) is 31.1 Å². The number of rotatable bonds is 6. The molecule has 140 valence electrons. The lowest BCUT2D eigenvalue weighted by molar-refractivity contribution is 0.566. The highest BCUT2D eigenvalue weighted by atomic mass is 127. The molecule has 5 nitrogen and oxygen atoms in total. The zero-order valence-electron chi connectivity index (χ0n) is 14.7. The zero-order valence-corrected chi connectivity index (χ0v) is 17.8. The van der Waals surface area contributed by atoms with Gasteiger partial charge in [-0.25, -0.2) is 8.42 Å². The van der Waals surface area contributed by atoms with Crippen LogP contribution in [0.25, 0.3) is 0 Å². The third kappa shape index (κ3) is 5.57. The van der Waals surface area contributed by atoms with Crippen molar-refractivity contribution in [3.63, 3.8) is 0 Å². The largest absolute Gasteiger partial charge is 0.357 e. The predicted molar refractivity (Wildman–Crippen MR) is 114 cm³/mol. The van der Waals surface area contributed by atoms with Crippen LogP contribution >= 0.6 is 24.0 Å². The third-order valence-corrected chi connectivity index (χ3v) is 6.85. The standard InChI is InChI=1S/C18H27N3O2S.HI/c1-2-19-17(20-12-15-8-11-24(22,23)13-15)21-14-18(9-10-18)16-6-4-3-5-7-16;/h3-7,15H,2,8-14H2,1H3,(H2,19,20,21);1H. The molecule has 2 fully saturated rings. The fourth-order valence-corrected chi connectivity index (χ4v) is 5.19. The molecule has 1 saturated heterocycles. The Morgan fingerprint density at radius 3 is 2.52 bits per heavy atom. The van der Waals surface area contributed by atoms with E-state index in [0.29, 0.717) is 18.1 Å². The van der Waals surface area contributed by atoms with Gasteiger partial charge >= 0.3 is 0 Å². The van der Waals surface area contributed by atoms with E-state index in [0.717, 1.165) is 25.5 Å². The number of benzene rings is 1. The van der Waals surface area contributed by atoms with E-state index in [1.54, 1.807) is 0 Å². The van der Waals surface area contributed by atoms with Crippen LogP contribution in [0, 0.1) is 5.92 Å². The molecule has 1 aliphatic heterocycles. The number of guanidine groups is 1. The van der Waals surface area contributed by atoms with Crippen LogP contribution in [0.1, 0.15) is 31.7 Å². The summed E-state index contributed by atoms with van der Waals surface area (Å²) in [6.07, 6.45) is 3.12. The lowest BCUT2D eigenvalue weighted by atomic mass is 9.96. The van der Waals surface area contributed by atoms with Crippen molar-refractivity contribution in [2.45, 2.75) is 31.6 Å². The number of nitrogens with zero attached hydrogens (tertiary/aromatic N) is 1. The summed E-state index contributed by atoms with van der Waals surface area (Å²) in [6, 6.07) is 10.6. The Hall–Kier alpha value is -0.830. The van der Waals surface area contributed by atoms with Crippen LogP contribution in [0.15, 0.2) is 35.3 Å². The molecule has 0 bridgehead atoms. The zero-order chi connectivity index (χ0) is 17.0. The summed E-state index contributed by atoms with van der Waals surface area (Å²) < 4.78 is 23.1. The van der Waals surface area contributed by atoms with Crippen LogP contribution in [-0.2, 0) is 15.3 Å². The molecular formula is C18H28IN3O2S. The second-order valence-corrected chi connectivity index (χ2v) is 9.22. The van der Waals surface area contributed by atoms with Gasteiger partial charge in [0.25, 0.3) is 0 Å². The molecule has 0 aromatic heterocycles. The number of halogens is 1. The molecular weight excluding hydrogens is 449 g/mol. The fraction of sp³-hybridized carbons (Fsp3) is 0.611. The second-order valence-electron chi connectivity index (χ2n) is 6.99. The van der Waals surface area contributed by atoms with Crippen molar-refractivity contribution in [1.82, 2.24) is 10.6 Å². The first-order chi connectivity index (χ1) is 11.5. The monoisotopic (exact) mass is 477 g/mol. The topological polar surface area (TPSA) is 70.6 Å². The summed E-state index contributed by atoms with van der Waals surface area (Å²) in [5, 5.41) is 6.60. The molecule has 1 saturated carbocycles. The van der Waals surface area contributed by atoms with Gasteiger partial charge in [0, 0.05) is 18.5 Å². The summed E-state index contributed by atoms with van der Waals surface area (Å²) in [5.41, 5.74) is 1.56. The molecule has 0 spiro atoms. The van der Waals surface area contributed by atoms with Gasteiger partial charge in [-0.05, 0) is 37.7 Å². The Labute approximate surface area is 168 Å². The highest BCUT2D eigenvalue weighted by Crippen LogP contribution is 2.48. The van der Waals surface area contributed by atoms with Crippen molar-refractivity contribution < 1.29 is 8.42 Å². The maximum absolute atomic E-state index is 11.6. The van der Waals surface area contributed by atoms with Crippen molar-refractivity contribution >= 4 is 39.8 Å². The van der Waals surface area contributed by atoms with E-state index < -0.39 is 9.84 Å². The van der Waals surface area contributed by atoms with Crippen molar-refractivity contribution in [1.29, 1.82) is 0 Å². The van der Waals surface area contributed by atoms with Crippen LogP contribution in [0.3, 0.4) is 0 Å². The van der Waals surface area contributed by atoms with E-state index in [1.165, 1.54) is 18.4 Å². The Bertz CT molecular complexity index is 688. The second kappa shape index (κ2) is 8.70. The van der Waals surface area contributed by atoms with Gasteiger partial charge in [-0.3, -0.25) is 4.99 Å². The van der Waals surface area contributed by atoms with Gasteiger partial charge in [0.15, 0.2) is 15.8 Å². The van der Waals surface area contributed by atoms with E-state index in [9.17, 15) is 8.42 Å². The molecule has 1 heterocycles. The van der Waals surface area contributed by atoms with Crippen LogP contribution in [0.5, 0.6) is 0 Å². The minimum absolute atomic E-state index is 0. The van der Waals surface area contributed by atoms with E-state index in [-0.39, 0.29) is 35.3 Å². The SMILES string of the molecule is CCNC(=NCC1(c2ccccc2)CC1)NCC1CCS(=O)(=O)C1.I. The van der Waals surface area contributed by atoms with E-state index in [4.69, 9.17) is 4.99 Å². The first-order valence-electron chi connectivity index (χ1n) is 8.81. The summed E-state index contributed by atoms with van der Waals surface area (Å²) in [7, 11) is -2.82. The number of sulfone groups is 1. The molecule has 1 unspecified atom stereocenters. The van der Waals surface area contributed by atoms with Gasteiger partial charge < -0.3 is 10.6 Å². The van der Waals surface area contributed by atoms with Crippen molar-refractivity contribution in [3.05, 3.63) is 35.9 Å². The smallest absolute Gasteiger partial charge is 0.191 e. The van der Waals surface area contributed by atoms with Gasteiger partial charge in [-0.2, -0.15) is 0 Å². The number of nitrogens with one attached hydrogen (secondary N) is 2. The lowest BCUT2D eigenvalue weighted by Crippen LogP contribution is -2.40. The highest BCUT2D eigenvalue weighted by Gasteiger charge is 2.44. The van der Waals surface area contributed by atoms with Gasteiger partial charge in [0.1, 0.15) is 0 Å². The van der Waals surface area contributed by atoms with Gasteiger partial charge in [-0.1, -0.05) is 30.3 Å². The van der Waals surface area contributed by atoms with Crippen molar-refractivity contribution in [2.24, 2.45) is 10.9 Å². The number of aliphatic imine (C=N–C) groups is 1. The molecule has 25 heavy (non-hydrogen) atoms. The van der Waals surface area contributed by atoms with E-state index in [1.807, 2.05) is 13.0 Å². The molecule has 1 aliphatic carbocycles. The maximum Gasteiger partial charge on any atom is 0.191 e. The Balaban J connectivity index is 0.00000225. The Morgan fingerprint density at radius 1 is 1.24 bits per heavy atom. The highest BCUT2D eigenvalue weighted by molar-refractivity contribution is 14.0. The first kappa shape index (κ1) is 20.5. The molecule has 7 heteroatoms. The lowest BCUT2D eigenvalue weighted by Gasteiger charge is -2.17. The van der Waals surface area contributed by atoms with E-state index >= 15 is 0 Å². The molecule has 3 rings (SSSR count). The summed E-state index contributed by atoms with van der Waals surface area (Å²) in [4.78, 5) is 4.77. The molecule has 2 N–H and O–H groups in total. The quantitative estimate of drug-likeness (QED) is 0.375. The first-order valence-corrected chi connectivity index (χ1v) is 10.6. The van der Waals surface area contributed by atoms with Crippen LogP contribution in [-0.4, -0.2) is 45.5 Å². The van der Waals surface area contributed by atoms with Gasteiger partial charge in [0.05, 0.1) is 18.1 Å². The molecule has 1 atom stereocenters. The summed E-state index contributed by atoms with van der Waals surface area (Å²) in [6.45, 7) is 4.28.